The number of aromatic nitrogens is 3. The number of aromatic carboxylic acids is 1. The summed E-state index contributed by atoms with van der Waals surface area (Å²) in [5.41, 5.74) is 0.955. The number of ether oxygens (including phenoxy) is 1. The SMILES string of the molecule is CC(C)n1cncc1COc1ccc(C(=O)O)nc1. The van der Waals surface area contributed by atoms with Crippen LogP contribution in [0.3, 0.4) is 0 Å². The zero-order valence-electron chi connectivity index (χ0n) is 10.8. The standard InChI is InChI=1S/C13H15N3O3/c1-9(2)16-8-14-5-10(16)7-19-11-3-4-12(13(17)18)15-6-11/h3-6,8-9H,7H2,1-2H3,(H,17,18). The fourth-order valence-corrected chi connectivity index (χ4v) is 1.66. The van der Waals surface area contributed by atoms with Crippen LogP contribution in [0.2, 0.25) is 0 Å². The van der Waals surface area contributed by atoms with Crippen LogP contribution < -0.4 is 4.74 Å². The summed E-state index contributed by atoms with van der Waals surface area (Å²) in [5.74, 6) is -0.522. The van der Waals surface area contributed by atoms with Gasteiger partial charge in [-0.1, -0.05) is 0 Å². The normalized spacial score (nSPS) is 10.7. The first-order valence-electron chi connectivity index (χ1n) is 5.91. The lowest BCUT2D eigenvalue weighted by atomic mass is 10.3. The first-order valence-corrected chi connectivity index (χ1v) is 5.91. The molecule has 0 aromatic carbocycles. The first kappa shape index (κ1) is 13.1. The molecule has 2 rings (SSSR count). The zero-order valence-corrected chi connectivity index (χ0v) is 10.8. The van der Waals surface area contributed by atoms with Gasteiger partial charge in [0.2, 0.25) is 0 Å². The van der Waals surface area contributed by atoms with Crippen LogP contribution in [0.4, 0.5) is 0 Å². The Hall–Kier alpha value is -2.37. The van der Waals surface area contributed by atoms with Gasteiger partial charge in [0.05, 0.1) is 24.4 Å². The predicted molar refractivity (Wildman–Crippen MR) is 68.1 cm³/mol. The van der Waals surface area contributed by atoms with Crippen LogP contribution in [0.25, 0.3) is 0 Å². The van der Waals surface area contributed by atoms with Gasteiger partial charge in [-0.25, -0.2) is 14.8 Å². The van der Waals surface area contributed by atoms with Crippen LogP contribution in [0.5, 0.6) is 5.75 Å². The summed E-state index contributed by atoms with van der Waals surface area (Å²) in [6, 6.07) is 3.32. The van der Waals surface area contributed by atoms with Crippen molar-refractivity contribution in [2.45, 2.75) is 26.5 Å². The third-order valence-electron chi connectivity index (χ3n) is 2.64. The number of hydrogen-bond donors (Lipinski definition) is 1. The van der Waals surface area contributed by atoms with Gasteiger partial charge in [-0.15, -0.1) is 0 Å². The van der Waals surface area contributed by atoms with Gasteiger partial charge >= 0.3 is 5.97 Å². The van der Waals surface area contributed by atoms with Crippen molar-refractivity contribution in [2.24, 2.45) is 0 Å². The van der Waals surface area contributed by atoms with E-state index in [9.17, 15) is 4.79 Å². The summed E-state index contributed by atoms with van der Waals surface area (Å²) in [6.45, 7) is 4.50. The number of hydrogen-bond acceptors (Lipinski definition) is 4. The maximum Gasteiger partial charge on any atom is 0.354 e. The molecule has 2 aromatic heterocycles. The molecule has 0 unspecified atom stereocenters. The van der Waals surface area contributed by atoms with Crippen LogP contribution in [-0.2, 0) is 6.61 Å². The topological polar surface area (TPSA) is 77.2 Å². The van der Waals surface area contributed by atoms with E-state index in [4.69, 9.17) is 9.84 Å². The molecule has 100 valence electrons. The Morgan fingerprint density at radius 2 is 2.21 bits per heavy atom. The largest absolute Gasteiger partial charge is 0.486 e. The van der Waals surface area contributed by atoms with Crippen molar-refractivity contribution in [3.05, 3.63) is 42.2 Å². The van der Waals surface area contributed by atoms with Crippen molar-refractivity contribution in [3.63, 3.8) is 0 Å². The van der Waals surface area contributed by atoms with Crippen molar-refractivity contribution in [2.75, 3.05) is 0 Å². The molecule has 19 heavy (non-hydrogen) atoms. The van der Waals surface area contributed by atoms with Gasteiger partial charge in [-0.2, -0.15) is 0 Å². The van der Waals surface area contributed by atoms with Crippen molar-refractivity contribution >= 4 is 5.97 Å². The Balaban J connectivity index is 2.02. The Kier molecular flexibility index (Phi) is 3.79. The maximum atomic E-state index is 10.7. The highest BCUT2D eigenvalue weighted by Crippen LogP contribution is 2.14. The van der Waals surface area contributed by atoms with E-state index in [1.807, 2.05) is 4.57 Å². The molecule has 0 radical (unpaired) electrons. The molecule has 0 saturated heterocycles. The average Bonchev–Trinajstić information content (AvgIpc) is 2.85. The Morgan fingerprint density at radius 3 is 2.79 bits per heavy atom. The predicted octanol–water partition coefficient (Wildman–Crippen LogP) is 2.14. The molecule has 0 fully saturated rings. The van der Waals surface area contributed by atoms with Gasteiger partial charge in [-0.05, 0) is 26.0 Å². The number of carbonyl (C=O) groups is 1. The molecule has 0 amide bonds. The number of nitrogens with zero attached hydrogens (tertiary/aromatic N) is 3. The van der Waals surface area contributed by atoms with Crippen molar-refractivity contribution in [1.82, 2.24) is 14.5 Å². The number of carboxylic acids is 1. The first-order chi connectivity index (χ1) is 9.08. The van der Waals surface area contributed by atoms with E-state index in [-0.39, 0.29) is 5.69 Å². The smallest absolute Gasteiger partial charge is 0.354 e. The van der Waals surface area contributed by atoms with E-state index in [1.165, 1.54) is 12.3 Å². The monoisotopic (exact) mass is 261 g/mol. The van der Waals surface area contributed by atoms with Crippen LogP contribution in [0, 0.1) is 0 Å². The molecule has 0 bridgehead atoms. The number of carboxylic acid groups (broad SMARTS) is 1. The molecule has 6 nitrogen and oxygen atoms in total. The van der Waals surface area contributed by atoms with Gasteiger partial charge < -0.3 is 14.4 Å². The van der Waals surface area contributed by atoms with Crippen molar-refractivity contribution in [3.8, 4) is 5.75 Å². The summed E-state index contributed by atoms with van der Waals surface area (Å²) in [6.07, 6.45) is 4.91. The highest BCUT2D eigenvalue weighted by molar-refractivity contribution is 5.85. The van der Waals surface area contributed by atoms with Crippen LogP contribution in [0.15, 0.2) is 30.9 Å². The number of imidazole rings is 1. The molecular formula is C13H15N3O3. The van der Waals surface area contributed by atoms with Crippen LogP contribution in [-0.4, -0.2) is 25.6 Å². The van der Waals surface area contributed by atoms with Crippen LogP contribution >= 0.6 is 0 Å². The fraction of sp³-hybridized carbons (Fsp3) is 0.308. The van der Waals surface area contributed by atoms with Crippen LogP contribution in [0.1, 0.15) is 36.1 Å². The summed E-state index contributed by atoms with van der Waals surface area (Å²) >= 11 is 0. The summed E-state index contributed by atoms with van der Waals surface area (Å²) in [5, 5.41) is 8.74. The van der Waals surface area contributed by atoms with E-state index in [1.54, 1.807) is 18.6 Å². The molecular weight excluding hydrogens is 246 g/mol. The minimum absolute atomic E-state index is 0.000396. The third-order valence-corrected chi connectivity index (χ3v) is 2.64. The molecule has 1 N–H and O–H groups in total. The molecule has 0 aliphatic carbocycles. The lowest BCUT2D eigenvalue weighted by molar-refractivity contribution is 0.0690. The Bertz CT molecular complexity index is 561. The Labute approximate surface area is 110 Å². The highest BCUT2D eigenvalue weighted by Gasteiger charge is 2.07. The van der Waals surface area contributed by atoms with Crippen molar-refractivity contribution < 1.29 is 14.6 Å². The molecule has 0 aliphatic rings. The van der Waals surface area contributed by atoms with E-state index in [0.29, 0.717) is 18.4 Å². The minimum atomic E-state index is -1.05. The quantitative estimate of drug-likeness (QED) is 0.892. The summed E-state index contributed by atoms with van der Waals surface area (Å²) in [7, 11) is 0. The van der Waals surface area contributed by atoms with Crippen molar-refractivity contribution in [1.29, 1.82) is 0 Å². The minimum Gasteiger partial charge on any atom is -0.486 e. The third kappa shape index (κ3) is 3.09. The van der Waals surface area contributed by atoms with Gasteiger partial charge in [0.25, 0.3) is 0 Å². The Morgan fingerprint density at radius 1 is 1.42 bits per heavy atom. The van der Waals surface area contributed by atoms with Gasteiger partial charge in [0, 0.05) is 6.04 Å². The van der Waals surface area contributed by atoms with E-state index in [0.717, 1.165) is 5.69 Å². The van der Waals surface area contributed by atoms with E-state index < -0.39 is 5.97 Å². The van der Waals surface area contributed by atoms with E-state index in [2.05, 4.69) is 23.8 Å². The summed E-state index contributed by atoms with van der Waals surface area (Å²) < 4.78 is 7.57. The fourth-order valence-electron chi connectivity index (χ4n) is 1.66. The second kappa shape index (κ2) is 5.51. The molecule has 0 saturated carbocycles. The number of rotatable bonds is 5. The molecule has 0 aliphatic heterocycles. The lowest BCUT2D eigenvalue weighted by Gasteiger charge is -2.12. The zero-order chi connectivity index (χ0) is 13.8. The van der Waals surface area contributed by atoms with Gasteiger partial charge in [-0.3, -0.25) is 0 Å². The van der Waals surface area contributed by atoms with Gasteiger partial charge in [0.1, 0.15) is 18.1 Å². The molecule has 0 spiro atoms. The molecule has 2 heterocycles. The number of pyridine rings is 1. The second-order valence-corrected chi connectivity index (χ2v) is 4.36. The lowest BCUT2D eigenvalue weighted by Crippen LogP contribution is -2.07. The maximum absolute atomic E-state index is 10.7. The molecule has 0 atom stereocenters. The second-order valence-electron chi connectivity index (χ2n) is 4.36. The molecule has 6 heteroatoms. The highest BCUT2D eigenvalue weighted by atomic mass is 16.5. The average molecular weight is 261 g/mol. The van der Waals surface area contributed by atoms with E-state index >= 15 is 0 Å². The van der Waals surface area contributed by atoms with Gasteiger partial charge in [0.15, 0.2) is 0 Å². The molecule has 2 aromatic rings. The summed E-state index contributed by atoms with van der Waals surface area (Å²) in [4.78, 5) is 18.5.